The highest BCUT2D eigenvalue weighted by molar-refractivity contribution is 5.99. The monoisotopic (exact) mass is 2050 g/mol. The molecule has 0 spiro atoms. The number of carbonyl (C=O) groups is 18. The summed E-state index contributed by atoms with van der Waals surface area (Å²) in [4.78, 5) is 230. The topological polar surface area (TPSA) is 570 Å². The van der Waals surface area contributed by atoms with E-state index in [1.54, 1.807) is 0 Å². The van der Waals surface area contributed by atoms with Crippen molar-refractivity contribution < 1.29 is 198 Å². The number of benzene rings is 2. The third-order valence-electron chi connectivity index (χ3n) is 21.9. The number of carbonyl (C=O) groups excluding carboxylic acids is 18. The van der Waals surface area contributed by atoms with Gasteiger partial charge in [0.2, 0.25) is 76.2 Å². The molecule has 2 aromatic rings. The summed E-state index contributed by atoms with van der Waals surface area (Å²) in [5.41, 5.74) is -0.833. The zero-order chi connectivity index (χ0) is 106. The van der Waals surface area contributed by atoms with E-state index in [0.717, 1.165) is 62.3 Å². The Morgan fingerprint density at radius 3 is 1.01 bits per heavy atom. The van der Waals surface area contributed by atoms with E-state index in [-0.39, 0.29) is 110 Å². The molecular formula is C93H131F5N8O37. The van der Waals surface area contributed by atoms with Gasteiger partial charge in [0.1, 0.15) is 61.8 Å². The summed E-state index contributed by atoms with van der Waals surface area (Å²) in [5, 5.41) is 19.4. The Bertz CT molecular complexity index is 4320. The second kappa shape index (κ2) is 62.0. The molecule has 800 valence electrons. The van der Waals surface area contributed by atoms with Crippen molar-refractivity contribution in [3.8, 4) is 5.75 Å². The fraction of sp³-hybridized carbons (Fsp3) is 0.677. The highest BCUT2D eigenvalue weighted by Crippen LogP contribution is 2.36. The zero-order valence-corrected chi connectivity index (χ0v) is 82.1. The lowest BCUT2D eigenvalue weighted by molar-refractivity contribution is -0.277. The van der Waals surface area contributed by atoms with E-state index in [0.29, 0.717) is 88.3 Å². The first kappa shape index (κ1) is 120. The Kier molecular flexibility index (Phi) is 52.0. The molecule has 45 nitrogen and oxygen atoms in total. The van der Waals surface area contributed by atoms with Crippen molar-refractivity contribution >= 4 is 113 Å². The molecular weight excluding hydrogens is 1920 g/mol. The Morgan fingerprint density at radius 1 is 0.371 bits per heavy atom. The normalized spacial score (nSPS) is 21.5. The fourth-order valence-corrected chi connectivity index (χ4v) is 15.6. The molecule has 4 aliphatic rings. The molecule has 0 radical (unpaired) electrons. The van der Waals surface area contributed by atoms with Crippen LogP contribution >= 0.6 is 0 Å². The lowest BCUT2D eigenvalue weighted by atomic mass is 9.96. The molecule has 0 aromatic heterocycles. The van der Waals surface area contributed by atoms with Gasteiger partial charge < -0.3 is 132 Å². The van der Waals surface area contributed by atoms with Gasteiger partial charge in [-0.15, -0.1) is 0 Å². The Hall–Kier alpha value is -11.8. The van der Waals surface area contributed by atoms with Crippen molar-refractivity contribution in [3.63, 3.8) is 0 Å². The van der Waals surface area contributed by atoms with Crippen LogP contribution in [-0.2, 0) is 173 Å². The average molecular weight is 2050 g/mol. The zero-order valence-electron chi connectivity index (χ0n) is 82.1. The molecule has 4 heterocycles. The summed E-state index contributed by atoms with van der Waals surface area (Å²) >= 11 is 0. The van der Waals surface area contributed by atoms with Crippen LogP contribution in [0.25, 0.3) is 0 Å². The molecule has 3 fully saturated rings. The summed E-state index contributed by atoms with van der Waals surface area (Å²) in [5.74, 6) is -26.2. The van der Waals surface area contributed by atoms with Gasteiger partial charge in [-0.2, -0.15) is 8.78 Å². The number of hydrogen-bond donors (Lipinski definition) is 7. The average Bonchev–Trinajstić information content (AvgIpc) is 1.33. The number of esters is 10. The summed E-state index contributed by atoms with van der Waals surface area (Å²) in [6, 6.07) is 0.824. The van der Waals surface area contributed by atoms with Crippen molar-refractivity contribution in [1.29, 1.82) is 0 Å². The minimum Gasteiger partial charge on any atom is -0.463 e. The van der Waals surface area contributed by atoms with E-state index < -0.39 is 285 Å². The van der Waals surface area contributed by atoms with Gasteiger partial charge in [0, 0.05) is 172 Å². The van der Waals surface area contributed by atoms with Gasteiger partial charge in [0.25, 0.3) is 5.91 Å². The van der Waals surface area contributed by atoms with E-state index in [2.05, 4.69) is 42.0 Å². The number of halogens is 5. The predicted molar refractivity (Wildman–Crippen MR) is 479 cm³/mol. The van der Waals surface area contributed by atoms with E-state index >= 15 is 0 Å². The highest BCUT2D eigenvalue weighted by atomic mass is 19.2. The molecule has 0 aliphatic carbocycles. The fourth-order valence-electron chi connectivity index (χ4n) is 15.6. The predicted octanol–water partition coefficient (Wildman–Crippen LogP) is 3.78. The van der Waals surface area contributed by atoms with E-state index in [9.17, 15) is 108 Å². The van der Waals surface area contributed by atoms with Crippen LogP contribution in [0.2, 0.25) is 0 Å². The lowest BCUT2D eigenvalue weighted by Gasteiger charge is -2.44. The minimum atomic E-state index is -2.47. The summed E-state index contributed by atoms with van der Waals surface area (Å²) in [6.45, 7) is 11.1. The number of nitrogens with one attached hydrogen (secondary N) is 7. The molecule has 15 unspecified atom stereocenters. The number of fused-ring (bicyclic) bond motifs is 1. The summed E-state index contributed by atoms with van der Waals surface area (Å²) < 4.78 is 178. The Labute approximate surface area is 822 Å². The quantitative estimate of drug-likeness (QED) is 0.00942. The van der Waals surface area contributed by atoms with Crippen molar-refractivity contribution in [2.24, 2.45) is 0 Å². The Morgan fingerprint density at radius 2 is 0.692 bits per heavy atom. The van der Waals surface area contributed by atoms with Gasteiger partial charge in [-0.3, -0.25) is 86.3 Å². The van der Waals surface area contributed by atoms with Crippen molar-refractivity contribution in [2.45, 2.75) is 303 Å². The van der Waals surface area contributed by atoms with Gasteiger partial charge >= 0.3 is 59.7 Å². The van der Waals surface area contributed by atoms with Crippen molar-refractivity contribution in [2.75, 3.05) is 110 Å². The SMILES string of the molecule is CC(=O)NC1C(OCCCCCCNC(=O)CCOCC(COCCC(=O)NCCCCCCOC2OC(COC(C)=O)C(OC(C)=O)C(OC(C)=O)C2NC(C)=O)(COCCC(=O)NCCCCCCOC2OC(COC(C)=O)C(OC(C)=O)C(OC(C)=O)C2NC(C)=O)NC(=O)c2ccc3c(c2)CCN3C(=O)CCCC(=O)Oc2c(F)c(F)c(F)c(F)c2F)OC(COC(C)=O)C(OC(C)=O)C1OC(C)=O. The number of amides is 8. The van der Waals surface area contributed by atoms with Crippen LogP contribution < -0.4 is 46.9 Å². The first-order valence-corrected chi connectivity index (χ1v) is 46.9. The van der Waals surface area contributed by atoms with E-state index in [4.69, 9.17) is 85.3 Å². The number of nitrogens with zero attached hydrogens (tertiary/aromatic N) is 1. The maximum atomic E-state index is 14.9. The standard InChI is InChI=1S/C93H131F5N8O37/c1-51(107)102-79-86(137-60(10)116)82(134-57(7)113)66(45-131-54(4)110)140-90(79)128-38-22-16-13-19-34-99-69(119)31-41-125-48-93(105-89(124)64-28-29-65-63(44-64)30-37-106(65)72(122)26-25-27-73(123)143-85-77(97)75(95)74(94)76(96)78(85)98,49-126-42-32-70(120)100-35-20-14-17-23-39-129-91-80(103-52(2)108)87(138-61(11)117)83(135-58(8)114)67(141-91)46-132-55(5)111)50-127-43-33-71(121)101-36-21-15-18-24-40-130-92-81(104-53(3)109)88(139-62(12)118)84(136-59(9)115)68(142-92)47-133-56(6)112/h28-29,44,66-68,79-84,86-88,90-92H,13-27,30-43,45-50H2,1-12H3,(H,99,119)(H,100,120)(H,101,121)(H,102,107)(H,103,108)(H,104,109)(H,105,124). The first-order valence-electron chi connectivity index (χ1n) is 46.9. The van der Waals surface area contributed by atoms with Gasteiger partial charge in [0.05, 0.1) is 39.6 Å². The van der Waals surface area contributed by atoms with Crippen LogP contribution in [0.1, 0.15) is 215 Å². The van der Waals surface area contributed by atoms with Crippen molar-refractivity contribution in [3.05, 3.63) is 58.4 Å². The largest absolute Gasteiger partial charge is 0.463 e. The maximum Gasteiger partial charge on any atom is 0.311 e. The first-order chi connectivity index (χ1) is 67.9. The number of rotatable bonds is 61. The molecule has 8 amide bonds. The van der Waals surface area contributed by atoms with Gasteiger partial charge in [-0.25, -0.2) is 13.2 Å². The number of unbranched alkanes of at least 4 members (excludes halogenated alkanes) is 9. The third kappa shape index (κ3) is 42.2. The number of anilines is 1. The molecule has 2 aromatic carbocycles. The van der Waals surface area contributed by atoms with Crippen molar-refractivity contribution in [1.82, 2.24) is 37.2 Å². The second-order valence-electron chi connectivity index (χ2n) is 34.1. The van der Waals surface area contributed by atoms with Gasteiger partial charge in [0.15, 0.2) is 55.5 Å². The van der Waals surface area contributed by atoms with Crippen LogP contribution in [0.3, 0.4) is 0 Å². The van der Waals surface area contributed by atoms with E-state index in [1.165, 1.54) is 43.9 Å². The lowest BCUT2D eigenvalue weighted by Crippen LogP contribution is -2.66. The molecule has 4 aliphatic heterocycles. The minimum absolute atomic E-state index is 0.0317. The van der Waals surface area contributed by atoms with Gasteiger partial charge in [-0.1, -0.05) is 38.5 Å². The molecule has 15 atom stereocenters. The molecule has 7 N–H and O–H groups in total. The smallest absolute Gasteiger partial charge is 0.311 e. The van der Waals surface area contributed by atoms with Crippen LogP contribution in [0.5, 0.6) is 5.75 Å². The molecule has 0 bridgehead atoms. The highest BCUT2D eigenvalue weighted by Gasteiger charge is 2.55. The molecule has 143 heavy (non-hydrogen) atoms. The molecule has 0 saturated carbocycles. The molecule has 6 rings (SSSR count). The summed E-state index contributed by atoms with van der Waals surface area (Å²) in [6.07, 6.45) is -11.2. The second-order valence-corrected chi connectivity index (χ2v) is 34.1. The maximum absolute atomic E-state index is 14.9. The summed E-state index contributed by atoms with van der Waals surface area (Å²) in [7, 11) is 0. The molecule has 50 heteroatoms. The van der Waals surface area contributed by atoms with Crippen LogP contribution in [0, 0.1) is 29.1 Å². The third-order valence-corrected chi connectivity index (χ3v) is 21.9. The van der Waals surface area contributed by atoms with Crippen LogP contribution in [0.15, 0.2) is 18.2 Å². The van der Waals surface area contributed by atoms with Crippen LogP contribution in [-0.4, -0.2) is 310 Å². The molecule has 3 saturated heterocycles. The van der Waals surface area contributed by atoms with Crippen LogP contribution in [0.4, 0.5) is 27.6 Å². The Balaban J connectivity index is 1.14. The number of hydrogen-bond acceptors (Lipinski definition) is 37. The van der Waals surface area contributed by atoms with Gasteiger partial charge in [-0.05, 0) is 75.1 Å². The van der Waals surface area contributed by atoms with E-state index in [1.807, 2.05) is 0 Å². The number of ether oxygens (including phenoxy) is 19.